The highest BCUT2D eigenvalue weighted by Gasteiger charge is 2.31. The number of carbonyl (C=O) groups is 1. The van der Waals surface area contributed by atoms with E-state index in [0.29, 0.717) is 19.0 Å². The first-order valence-corrected chi connectivity index (χ1v) is 8.67. The van der Waals surface area contributed by atoms with Crippen LogP contribution in [0.2, 0.25) is 0 Å². The van der Waals surface area contributed by atoms with Crippen molar-refractivity contribution in [2.24, 2.45) is 0 Å². The van der Waals surface area contributed by atoms with E-state index in [9.17, 15) is 9.90 Å². The molecule has 1 fully saturated rings. The van der Waals surface area contributed by atoms with Gasteiger partial charge < -0.3 is 14.4 Å². The van der Waals surface area contributed by atoms with Gasteiger partial charge in [0.2, 0.25) is 11.8 Å². The first-order valence-electron chi connectivity index (χ1n) is 8.67. The second-order valence-corrected chi connectivity index (χ2v) is 6.64. The lowest BCUT2D eigenvalue weighted by Crippen LogP contribution is -2.40. The lowest BCUT2D eigenvalue weighted by atomic mass is 10.1. The summed E-state index contributed by atoms with van der Waals surface area (Å²) in [6.07, 6.45) is 2.05. The minimum atomic E-state index is -0.514. The van der Waals surface area contributed by atoms with Crippen molar-refractivity contribution in [1.29, 1.82) is 0 Å². The predicted octanol–water partition coefficient (Wildman–Crippen LogP) is 2.14. The van der Waals surface area contributed by atoms with Gasteiger partial charge in [0.1, 0.15) is 5.76 Å². The van der Waals surface area contributed by atoms with E-state index in [1.54, 1.807) is 13.1 Å². The molecule has 6 heteroatoms. The number of amides is 1. The van der Waals surface area contributed by atoms with Gasteiger partial charge in [0, 0.05) is 32.6 Å². The molecule has 3 rings (SSSR count). The van der Waals surface area contributed by atoms with Crippen LogP contribution < -0.4 is 0 Å². The number of hydrogen-bond acceptors (Lipinski definition) is 5. The van der Waals surface area contributed by atoms with Crippen LogP contribution in [0.3, 0.4) is 0 Å². The maximum Gasteiger partial charge on any atom is 0.220 e. The molecule has 1 aliphatic rings. The number of rotatable bonds is 6. The van der Waals surface area contributed by atoms with Crippen molar-refractivity contribution in [3.8, 4) is 0 Å². The van der Waals surface area contributed by atoms with Gasteiger partial charge in [0.25, 0.3) is 0 Å². The molecule has 6 nitrogen and oxygen atoms in total. The van der Waals surface area contributed by atoms with Gasteiger partial charge >= 0.3 is 0 Å². The molecule has 0 saturated carbocycles. The summed E-state index contributed by atoms with van der Waals surface area (Å²) >= 11 is 0. The van der Waals surface area contributed by atoms with E-state index in [-0.39, 0.29) is 11.9 Å². The standard InChI is InChI=1S/C19H25N3O3/c1-14-10-20-19(25-14)13-22(15(2)23)17-8-9-21(11-17)12-18(24)16-6-4-3-5-7-16/h3-7,10,17-18,24H,8-9,11-13H2,1-2H3/t17-,18+/m0/s1. The zero-order chi connectivity index (χ0) is 17.8. The number of aromatic nitrogens is 1. The molecule has 1 saturated heterocycles. The van der Waals surface area contributed by atoms with Crippen LogP contribution in [0.25, 0.3) is 0 Å². The lowest BCUT2D eigenvalue weighted by Gasteiger charge is -2.27. The van der Waals surface area contributed by atoms with Gasteiger partial charge in [-0.2, -0.15) is 0 Å². The number of β-amino-alcohol motifs (C(OH)–C–C–N with tert-alkyl or cyclic N) is 1. The Hall–Kier alpha value is -2.18. The fourth-order valence-corrected chi connectivity index (χ4v) is 3.38. The second kappa shape index (κ2) is 7.80. The van der Waals surface area contributed by atoms with Gasteiger partial charge in [-0.15, -0.1) is 0 Å². The van der Waals surface area contributed by atoms with Crippen molar-refractivity contribution in [2.45, 2.75) is 39.0 Å². The molecule has 2 heterocycles. The number of nitrogens with zero attached hydrogens (tertiary/aromatic N) is 3. The lowest BCUT2D eigenvalue weighted by molar-refractivity contribution is -0.132. The van der Waals surface area contributed by atoms with Crippen LogP contribution in [0.15, 0.2) is 40.9 Å². The number of likely N-dealkylation sites (tertiary alicyclic amines) is 1. The molecule has 1 aromatic heterocycles. The van der Waals surface area contributed by atoms with Gasteiger partial charge in [-0.3, -0.25) is 9.69 Å². The molecule has 0 spiro atoms. The van der Waals surface area contributed by atoms with Crippen LogP contribution in [-0.4, -0.2) is 51.5 Å². The number of aliphatic hydroxyl groups excluding tert-OH is 1. The van der Waals surface area contributed by atoms with Crippen molar-refractivity contribution in [3.05, 3.63) is 53.7 Å². The van der Waals surface area contributed by atoms with Crippen molar-refractivity contribution in [2.75, 3.05) is 19.6 Å². The van der Waals surface area contributed by atoms with Gasteiger partial charge in [-0.05, 0) is 18.9 Å². The average molecular weight is 343 g/mol. The molecule has 2 atom stereocenters. The van der Waals surface area contributed by atoms with Crippen molar-refractivity contribution >= 4 is 5.91 Å². The Kier molecular flexibility index (Phi) is 5.50. The van der Waals surface area contributed by atoms with E-state index >= 15 is 0 Å². The summed E-state index contributed by atoms with van der Waals surface area (Å²) in [5, 5.41) is 10.4. The molecular formula is C19H25N3O3. The Morgan fingerprint density at radius 1 is 1.44 bits per heavy atom. The third-order valence-electron chi connectivity index (χ3n) is 4.68. The zero-order valence-corrected chi connectivity index (χ0v) is 14.8. The average Bonchev–Trinajstić information content (AvgIpc) is 3.22. The fourth-order valence-electron chi connectivity index (χ4n) is 3.38. The number of benzene rings is 1. The van der Waals surface area contributed by atoms with Crippen LogP contribution in [0.5, 0.6) is 0 Å². The van der Waals surface area contributed by atoms with Crippen LogP contribution >= 0.6 is 0 Å². The molecule has 2 aromatic rings. The quantitative estimate of drug-likeness (QED) is 0.870. The fraction of sp³-hybridized carbons (Fsp3) is 0.474. The van der Waals surface area contributed by atoms with Crippen LogP contribution in [0.1, 0.15) is 36.7 Å². The molecule has 0 unspecified atom stereocenters. The number of oxazole rings is 1. The molecule has 1 N–H and O–H groups in total. The van der Waals surface area contributed by atoms with Gasteiger partial charge in [-0.25, -0.2) is 4.98 Å². The van der Waals surface area contributed by atoms with Gasteiger partial charge in [0.15, 0.2) is 0 Å². The Bertz CT molecular complexity index is 701. The van der Waals surface area contributed by atoms with E-state index in [1.807, 2.05) is 42.2 Å². The summed E-state index contributed by atoms with van der Waals surface area (Å²) in [5.74, 6) is 1.33. The molecule has 25 heavy (non-hydrogen) atoms. The molecule has 0 radical (unpaired) electrons. The zero-order valence-electron chi connectivity index (χ0n) is 14.8. The van der Waals surface area contributed by atoms with E-state index in [0.717, 1.165) is 30.8 Å². The summed E-state index contributed by atoms with van der Waals surface area (Å²) in [5.41, 5.74) is 0.921. The van der Waals surface area contributed by atoms with Gasteiger partial charge in [-0.1, -0.05) is 30.3 Å². The molecule has 1 amide bonds. The van der Waals surface area contributed by atoms with Crippen LogP contribution in [0.4, 0.5) is 0 Å². The third-order valence-corrected chi connectivity index (χ3v) is 4.68. The molecule has 1 aliphatic heterocycles. The summed E-state index contributed by atoms with van der Waals surface area (Å²) in [4.78, 5) is 20.3. The van der Waals surface area contributed by atoms with Gasteiger partial charge in [0.05, 0.1) is 18.8 Å². The molecule has 1 aromatic carbocycles. The topological polar surface area (TPSA) is 69.8 Å². The Balaban J connectivity index is 1.59. The number of hydrogen-bond donors (Lipinski definition) is 1. The highest BCUT2D eigenvalue weighted by Crippen LogP contribution is 2.22. The van der Waals surface area contributed by atoms with Crippen molar-refractivity contribution in [1.82, 2.24) is 14.8 Å². The molecule has 0 aliphatic carbocycles. The van der Waals surface area contributed by atoms with E-state index < -0.39 is 6.10 Å². The first kappa shape index (κ1) is 17.6. The maximum absolute atomic E-state index is 12.1. The van der Waals surface area contributed by atoms with Crippen LogP contribution in [0, 0.1) is 6.92 Å². The number of aryl methyl sites for hydroxylation is 1. The minimum Gasteiger partial charge on any atom is -0.444 e. The van der Waals surface area contributed by atoms with E-state index in [1.165, 1.54) is 0 Å². The molecule has 0 bridgehead atoms. The maximum atomic E-state index is 12.1. The van der Waals surface area contributed by atoms with E-state index in [4.69, 9.17) is 4.42 Å². The minimum absolute atomic E-state index is 0.0197. The SMILES string of the molecule is CC(=O)N(Cc1ncc(C)o1)[C@H]1CCN(C[C@@H](O)c2ccccc2)C1. The Morgan fingerprint density at radius 2 is 2.20 bits per heavy atom. The molecule has 134 valence electrons. The normalized spacial score (nSPS) is 19.1. The third kappa shape index (κ3) is 4.46. The predicted molar refractivity (Wildman–Crippen MR) is 93.7 cm³/mol. The first-order chi connectivity index (χ1) is 12.0. The highest BCUT2D eigenvalue weighted by atomic mass is 16.4. The Labute approximate surface area is 148 Å². The monoisotopic (exact) mass is 343 g/mol. The summed E-state index contributed by atoms with van der Waals surface area (Å²) in [7, 11) is 0. The second-order valence-electron chi connectivity index (χ2n) is 6.64. The summed E-state index contributed by atoms with van der Waals surface area (Å²) in [6, 6.07) is 9.79. The van der Waals surface area contributed by atoms with Crippen molar-refractivity contribution in [3.63, 3.8) is 0 Å². The van der Waals surface area contributed by atoms with Crippen molar-refractivity contribution < 1.29 is 14.3 Å². The number of aliphatic hydroxyl groups is 1. The number of carbonyl (C=O) groups excluding carboxylic acids is 1. The summed E-state index contributed by atoms with van der Waals surface area (Å²) < 4.78 is 5.51. The highest BCUT2D eigenvalue weighted by molar-refractivity contribution is 5.73. The summed E-state index contributed by atoms with van der Waals surface area (Å²) in [6.45, 7) is 6.01. The molecular weight excluding hydrogens is 318 g/mol. The van der Waals surface area contributed by atoms with Crippen LogP contribution in [-0.2, 0) is 11.3 Å². The largest absolute Gasteiger partial charge is 0.444 e. The Morgan fingerprint density at radius 3 is 2.84 bits per heavy atom. The smallest absolute Gasteiger partial charge is 0.220 e. The van der Waals surface area contributed by atoms with E-state index in [2.05, 4.69) is 9.88 Å².